The summed E-state index contributed by atoms with van der Waals surface area (Å²) in [5.41, 5.74) is 2.47. The van der Waals surface area contributed by atoms with E-state index < -0.39 is 10.0 Å². The van der Waals surface area contributed by atoms with Gasteiger partial charge in [-0.2, -0.15) is 18.4 Å². The number of carbonyl (C=O) groups excluding carboxylic acids is 1. The van der Waals surface area contributed by atoms with Crippen LogP contribution < -0.4 is 4.83 Å². The molecule has 0 radical (unpaired) electrons. The van der Waals surface area contributed by atoms with Gasteiger partial charge < -0.3 is 0 Å². The first kappa shape index (κ1) is 23.9. The molecule has 0 saturated carbocycles. The Hall–Kier alpha value is -3.77. The molecule has 0 amide bonds. The number of benzene rings is 5. The Balaban J connectivity index is 1.61. The van der Waals surface area contributed by atoms with Gasteiger partial charge in [-0.25, -0.2) is 0 Å². The van der Waals surface area contributed by atoms with Gasteiger partial charge >= 0.3 is 0 Å². The third-order valence-corrected chi connectivity index (χ3v) is 7.96. The smallest absolute Gasteiger partial charge is 0.276 e. The summed E-state index contributed by atoms with van der Waals surface area (Å²) in [7, 11) is -3.83. The molecule has 5 rings (SSSR count). The van der Waals surface area contributed by atoms with E-state index in [1.54, 1.807) is 24.3 Å². The fraction of sp³-hybridized carbons (Fsp3) is 0.200. The Morgan fingerprint density at radius 2 is 1.44 bits per heavy atom. The molecule has 0 atom stereocenters. The summed E-state index contributed by atoms with van der Waals surface area (Å²) in [5, 5.41) is 11.2. The number of carbonyl (C=O) groups is 1. The number of nitrogens with one attached hydrogen (secondary N) is 1. The van der Waals surface area contributed by atoms with E-state index in [9.17, 15) is 13.2 Å². The largest absolute Gasteiger partial charge is 0.300 e. The monoisotopic (exact) mass is 496 g/mol. The van der Waals surface area contributed by atoms with Crippen LogP contribution in [0, 0.1) is 6.92 Å². The van der Waals surface area contributed by atoms with Crippen LogP contribution in [0.5, 0.6) is 0 Å². The standard InChI is InChI=1S/C30H28N2O3S/c1-3-24(33)8-5-9-28(31-32-36(34,35)25-16-10-20(2)11-17-25)26-18-14-23-13-12-21-6-4-7-22-15-19-27(26)30(23)29(21)22/h4,6-7,10-19,32H,3,5,8-9H2,1-2H3/b31-28+. The topological polar surface area (TPSA) is 75.6 Å². The molecular weight excluding hydrogens is 468 g/mol. The number of hydrogen-bond donors (Lipinski definition) is 1. The van der Waals surface area contributed by atoms with Crippen LogP contribution in [0.2, 0.25) is 0 Å². The molecule has 36 heavy (non-hydrogen) atoms. The highest BCUT2D eigenvalue weighted by Gasteiger charge is 2.17. The molecule has 0 aliphatic rings. The van der Waals surface area contributed by atoms with Crippen molar-refractivity contribution in [2.45, 2.75) is 44.4 Å². The van der Waals surface area contributed by atoms with Crippen LogP contribution in [-0.2, 0) is 14.8 Å². The minimum atomic E-state index is -3.83. The summed E-state index contributed by atoms with van der Waals surface area (Å²) in [6.45, 7) is 3.76. The summed E-state index contributed by atoms with van der Waals surface area (Å²) in [6.07, 6.45) is 2.00. The van der Waals surface area contributed by atoms with E-state index in [2.05, 4.69) is 58.5 Å². The Morgan fingerprint density at radius 3 is 2.14 bits per heavy atom. The molecule has 0 bridgehead atoms. The highest BCUT2D eigenvalue weighted by Crippen LogP contribution is 2.36. The van der Waals surface area contributed by atoms with E-state index in [1.807, 2.05) is 19.9 Å². The molecule has 5 aromatic rings. The third kappa shape index (κ3) is 4.56. The summed E-state index contributed by atoms with van der Waals surface area (Å²) in [6, 6.07) is 25.4. The lowest BCUT2D eigenvalue weighted by atomic mass is 9.90. The summed E-state index contributed by atoms with van der Waals surface area (Å²) >= 11 is 0. The van der Waals surface area contributed by atoms with Crippen molar-refractivity contribution in [3.8, 4) is 0 Å². The SMILES string of the molecule is CCC(=O)CCC/C(=N\NS(=O)(=O)c1ccc(C)cc1)c1ccc2ccc3cccc4ccc1c2c34. The maximum absolute atomic E-state index is 13.0. The van der Waals surface area contributed by atoms with E-state index in [0.717, 1.165) is 38.1 Å². The molecule has 0 unspecified atom stereocenters. The van der Waals surface area contributed by atoms with Crippen LogP contribution in [0.4, 0.5) is 0 Å². The lowest BCUT2D eigenvalue weighted by Gasteiger charge is -2.15. The average molecular weight is 497 g/mol. The Morgan fingerprint density at radius 1 is 0.806 bits per heavy atom. The molecule has 0 saturated heterocycles. The maximum atomic E-state index is 13.0. The van der Waals surface area contributed by atoms with Crippen molar-refractivity contribution >= 4 is 53.8 Å². The fourth-order valence-electron chi connectivity index (χ4n) is 4.75. The van der Waals surface area contributed by atoms with Crippen molar-refractivity contribution in [1.29, 1.82) is 0 Å². The van der Waals surface area contributed by atoms with E-state index in [4.69, 9.17) is 0 Å². The van der Waals surface area contributed by atoms with E-state index in [1.165, 1.54) is 5.39 Å². The number of hydrazone groups is 1. The predicted octanol–water partition coefficient (Wildman–Crippen LogP) is 6.72. The minimum Gasteiger partial charge on any atom is -0.300 e. The van der Waals surface area contributed by atoms with Gasteiger partial charge in [0.25, 0.3) is 10.0 Å². The zero-order valence-corrected chi connectivity index (χ0v) is 21.2. The van der Waals surface area contributed by atoms with E-state index >= 15 is 0 Å². The van der Waals surface area contributed by atoms with Crippen LogP contribution in [0.25, 0.3) is 32.3 Å². The van der Waals surface area contributed by atoms with Gasteiger partial charge in [-0.3, -0.25) is 4.79 Å². The van der Waals surface area contributed by atoms with Gasteiger partial charge in [0.1, 0.15) is 5.78 Å². The van der Waals surface area contributed by atoms with Crippen molar-refractivity contribution in [2.24, 2.45) is 5.10 Å². The number of hydrogen-bond acceptors (Lipinski definition) is 4. The van der Waals surface area contributed by atoms with Crippen molar-refractivity contribution in [1.82, 2.24) is 4.83 Å². The van der Waals surface area contributed by atoms with Gasteiger partial charge in [-0.1, -0.05) is 79.2 Å². The normalized spacial score (nSPS) is 12.6. The lowest BCUT2D eigenvalue weighted by molar-refractivity contribution is -0.118. The van der Waals surface area contributed by atoms with Crippen LogP contribution in [-0.4, -0.2) is 19.9 Å². The lowest BCUT2D eigenvalue weighted by Crippen LogP contribution is -2.21. The zero-order chi connectivity index (χ0) is 25.3. The molecular formula is C30H28N2O3S. The molecule has 5 aromatic carbocycles. The van der Waals surface area contributed by atoms with Crippen molar-refractivity contribution in [3.05, 3.63) is 90.0 Å². The van der Waals surface area contributed by atoms with Crippen LogP contribution in [0.1, 0.15) is 43.7 Å². The molecule has 5 nitrogen and oxygen atoms in total. The fourth-order valence-corrected chi connectivity index (χ4v) is 5.58. The zero-order valence-electron chi connectivity index (χ0n) is 20.4. The Kier molecular flexibility index (Phi) is 6.46. The van der Waals surface area contributed by atoms with Gasteiger partial charge in [0.15, 0.2) is 0 Å². The third-order valence-electron chi connectivity index (χ3n) is 6.74. The second-order valence-corrected chi connectivity index (χ2v) is 10.8. The van der Waals surface area contributed by atoms with Crippen LogP contribution in [0.15, 0.2) is 88.9 Å². The quantitative estimate of drug-likeness (QED) is 0.140. The summed E-state index contributed by atoms with van der Waals surface area (Å²) in [5.74, 6) is 0.185. The molecule has 0 fully saturated rings. The van der Waals surface area contributed by atoms with Gasteiger partial charge in [-0.05, 0) is 64.2 Å². The van der Waals surface area contributed by atoms with Gasteiger partial charge in [0, 0.05) is 18.4 Å². The summed E-state index contributed by atoms with van der Waals surface area (Å²) < 4.78 is 25.9. The molecule has 0 aliphatic carbocycles. The van der Waals surface area contributed by atoms with Gasteiger partial charge in [0.2, 0.25) is 0 Å². The first-order chi connectivity index (χ1) is 17.4. The van der Waals surface area contributed by atoms with Crippen molar-refractivity contribution < 1.29 is 13.2 Å². The molecule has 0 aromatic heterocycles. The number of ketones is 1. The number of aryl methyl sites for hydroxylation is 1. The second kappa shape index (κ2) is 9.70. The Labute approximate surface area is 211 Å². The van der Waals surface area contributed by atoms with E-state index in [0.29, 0.717) is 31.4 Å². The van der Waals surface area contributed by atoms with Crippen LogP contribution in [0.3, 0.4) is 0 Å². The maximum Gasteiger partial charge on any atom is 0.276 e. The van der Waals surface area contributed by atoms with E-state index in [-0.39, 0.29) is 10.7 Å². The molecule has 0 spiro atoms. The Bertz CT molecular complexity index is 1690. The summed E-state index contributed by atoms with van der Waals surface area (Å²) in [4.78, 5) is 14.6. The molecule has 6 heteroatoms. The number of sulfonamides is 1. The van der Waals surface area contributed by atoms with Crippen molar-refractivity contribution in [3.63, 3.8) is 0 Å². The highest BCUT2D eigenvalue weighted by molar-refractivity contribution is 7.89. The van der Waals surface area contributed by atoms with Crippen LogP contribution >= 0.6 is 0 Å². The number of rotatable bonds is 9. The number of nitrogens with zero attached hydrogens (tertiary/aromatic N) is 1. The molecule has 0 aliphatic heterocycles. The average Bonchev–Trinajstić information content (AvgIpc) is 2.89. The molecule has 182 valence electrons. The van der Waals surface area contributed by atoms with Gasteiger partial charge in [0.05, 0.1) is 10.6 Å². The highest BCUT2D eigenvalue weighted by atomic mass is 32.2. The van der Waals surface area contributed by atoms with Gasteiger partial charge in [-0.15, -0.1) is 0 Å². The number of Topliss-reactive ketones (excluding diaryl/α,β-unsaturated/α-hetero) is 1. The second-order valence-electron chi connectivity index (χ2n) is 9.18. The predicted molar refractivity (Wildman–Crippen MR) is 147 cm³/mol. The van der Waals surface area contributed by atoms with Crippen molar-refractivity contribution in [2.75, 3.05) is 0 Å². The molecule has 1 N–H and O–H groups in total. The first-order valence-electron chi connectivity index (χ1n) is 12.2. The first-order valence-corrected chi connectivity index (χ1v) is 13.7. The minimum absolute atomic E-state index is 0.160. The molecule has 0 heterocycles.